The molecule has 0 aliphatic heterocycles. The minimum Gasteiger partial charge on any atom is -0.465 e. The number of hydrogen-bond acceptors (Lipinski definition) is 5. The first-order chi connectivity index (χ1) is 8.94. The molecule has 7 heteroatoms. The molecule has 19 heavy (non-hydrogen) atoms. The van der Waals surface area contributed by atoms with Gasteiger partial charge in [-0.3, -0.25) is 0 Å². The predicted molar refractivity (Wildman–Crippen MR) is 69.3 cm³/mol. The second kappa shape index (κ2) is 6.65. The Hall–Kier alpha value is -1.44. The number of aliphatic hydroxyl groups excluding tert-OH is 1. The summed E-state index contributed by atoms with van der Waals surface area (Å²) in [7, 11) is -2.44. The molecule has 0 saturated heterocycles. The normalized spacial score (nSPS) is 13.0. The lowest BCUT2D eigenvalue weighted by atomic mass is 10.2. The summed E-state index contributed by atoms with van der Waals surface area (Å²) >= 11 is 0. The van der Waals surface area contributed by atoms with Crippen molar-refractivity contribution < 1.29 is 23.1 Å². The van der Waals surface area contributed by atoms with Gasteiger partial charge in [0.25, 0.3) is 0 Å². The second-order valence-electron chi connectivity index (χ2n) is 3.92. The third-order valence-corrected chi connectivity index (χ3v) is 4.16. The van der Waals surface area contributed by atoms with Crippen molar-refractivity contribution in [1.82, 2.24) is 4.72 Å². The van der Waals surface area contributed by atoms with Gasteiger partial charge in [0.2, 0.25) is 10.0 Å². The monoisotopic (exact) mass is 287 g/mol. The van der Waals surface area contributed by atoms with Crippen molar-refractivity contribution in [2.75, 3.05) is 13.7 Å². The fourth-order valence-corrected chi connectivity index (χ4v) is 2.74. The van der Waals surface area contributed by atoms with Crippen molar-refractivity contribution in [2.45, 2.75) is 24.3 Å². The third-order valence-electron chi connectivity index (χ3n) is 2.62. The molecule has 0 amide bonds. The molecule has 0 spiro atoms. The van der Waals surface area contributed by atoms with E-state index in [4.69, 9.17) is 5.11 Å². The van der Waals surface area contributed by atoms with Crippen LogP contribution in [0.25, 0.3) is 0 Å². The summed E-state index contributed by atoms with van der Waals surface area (Å²) in [6.45, 7) is 1.50. The number of ether oxygens (including phenoxy) is 1. The molecule has 0 saturated carbocycles. The molecule has 0 aliphatic carbocycles. The number of methoxy groups -OCH3 is 1. The molecule has 1 aromatic rings. The Morgan fingerprint density at radius 3 is 2.37 bits per heavy atom. The molecule has 1 atom stereocenters. The van der Waals surface area contributed by atoms with E-state index in [-0.39, 0.29) is 17.1 Å². The van der Waals surface area contributed by atoms with E-state index in [0.717, 1.165) is 0 Å². The minimum atomic E-state index is -3.70. The summed E-state index contributed by atoms with van der Waals surface area (Å²) in [6.07, 6.45) is 0.482. The van der Waals surface area contributed by atoms with Gasteiger partial charge >= 0.3 is 5.97 Å². The van der Waals surface area contributed by atoms with Gasteiger partial charge in [-0.25, -0.2) is 17.9 Å². The van der Waals surface area contributed by atoms with Gasteiger partial charge in [-0.05, 0) is 30.7 Å². The smallest absolute Gasteiger partial charge is 0.337 e. The van der Waals surface area contributed by atoms with Gasteiger partial charge in [-0.15, -0.1) is 0 Å². The lowest BCUT2D eigenvalue weighted by Crippen LogP contribution is -2.36. The molecular formula is C12H17NO5S. The lowest BCUT2D eigenvalue weighted by molar-refractivity contribution is 0.0600. The van der Waals surface area contributed by atoms with Gasteiger partial charge in [-0.1, -0.05) is 6.92 Å². The van der Waals surface area contributed by atoms with Crippen molar-refractivity contribution in [2.24, 2.45) is 0 Å². The highest BCUT2D eigenvalue weighted by atomic mass is 32.2. The zero-order valence-corrected chi connectivity index (χ0v) is 11.6. The minimum absolute atomic E-state index is 0.0343. The highest BCUT2D eigenvalue weighted by molar-refractivity contribution is 7.89. The van der Waals surface area contributed by atoms with Crippen LogP contribution in [0, 0.1) is 0 Å². The van der Waals surface area contributed by atoms with Crippen LogP contribution in [0.3, 0.4) is 0 Å². The van der Waals surface area contributed by atoms with Gasteiger partial charge in [0.1, 0.15) is 0 Å². The number of esters is 1. The Kier molecular flexibility index (Phi) is 5.46. The van der Waals surface area contributed by atoms with Crippen LogP contribution in [-0.4, -0.2) is 39.3 Å². The molecule has 106 valence electrons. The third kappa shape index (κ3) is 4.02. The van der Waals surface area contributed by atoms with Crippen LogP contribution in [0.1, 0.15) is 23.7 Å². The summed E-state index contributed by atoms with van der Waals surface area (Å²) in [4.78, 5) is 11.3. The standard InChI is InChI=1S/C12H17NO5S/c1-3-10(8-14)13-19(16,17)11-6-4-9(5-7-11)12(15)18-2/h4-7,10,13-14H,3,8H2,1-2H3. The zero-order chi connectivity index (χ0) is 14.5. The first-order valence-corrected chi connectivity index (χ1v) is 7.24. The molecule has 1 aromatic carbocycles. The average Bonchev–Trinajstić information content (AvgIpc) is 2.44. The summed E-state index contributed by atoms with van der Waals surface area (Å²) in [5.41, 5.74) is 0.274. The summed E-state index contributed by atoms with van der Waals surface area (Å²) in [5.74, 6) is -0.529. The number of rotatable bonds is 6. The van der Waals surface area contributed by atoms with Crippen LogP contribution in [0.2, 0.25) is 0 Å². The first-order valence-electron chi connectivity index (χ1n) is 5.76. The van der Waals surface area contributed by atoms with Gasteiger partial charge in [0.05, 0.1) is 24.2 Å². The fourth-order valence-electron chi connectivity index (χ4n) is 1.43. The molecular weight excluding hydrogens is 270 g/mol. The molecule has 1 unspecified atom stereocenters. The molecule has 0 bridgehead atoms. The molecule has 0 radical (unpaired) electrons. The Labute approximate surface area is 112 Å². The van der Waals surface area contributed by atoms with Gasteiger partial charge in [0.15, 0.2) is 0 Å². The topological polar surface area (TPSA) is 92.7 Å². The summed E-state index contributed by atoms with van der Waals surface area (Å²) < 4.78 is 30.8. The molecule has 0 aromatic heterocycles. The SMILES string of the molecule is CCC(CO)NS(=O)(=O)c1ccc(C(=O)OC)cc1. The zero-order valence-electron chi connectivity index (χ0n) is 10.8. The van der Waals surface area contributed by atoms with Crippen molar-refractivity contribution in [3.63, 3.8) is 0 Å². The van der Waals surface area contributed by atoms with Crippen LogP contribution in [-0.2, 0) is 14.8 Å². The molecule has 6 nitrogen and oxygen atoms in total. The van der Waals surface area contributed by atoms with Crippen LogP contribution < -0.4 is 4.72 Å². The predicted octanol–water partition coefficient (Wildman–Crippen LogP) is 0.522. The number of aliphatic hydroxyl groups is 1. The molecule has 0 aliphatic rings. The first kappa shape index (κ1) is 15.6. The Morgan fingerprint density at radius 2 is 1.95 bits per heavy atom. The van der Waals surface area contributed by atoms with Crippen LogP contribution in [0.5, 0.6) is 0 Å². The highest BCUT2D eigenvalue weighted by Crippen LogP contribution is 2.12. The van der Waals surface area contributed by atoms with Crippen molar-refractivity contribution in [1.29, 1.82) is 0 Å². The Morgan fingerprint density at radius 1 is 1.37 bits per heavy atom. The van der Waals surface area contributed by atoms with Crippen molar-refractivity contribution >= 4 is 16.0 Å². The summed E-state index contributed by atoms with van der Waals surface area (Å²) in [5, 5.41) is 9.00. The largest absolute Gasteiger partial charge is 0.465 e. The highest BCUT2D eigenvalue weighted by Gasteiger charge is 2.18. The molecule has 2 N–H and O–H groups in total. The van der Waals surface area contributed by atoms with Crippen LogP contribution in [0.15, 0.2) is 29.2 Å². The number of carbonyl (C=O) groups is 1. The molecule has 0 heterocycles. The van der Waals surface area contributed by atoms with E-state index in [0.29, 0.717) is 6.42 Å². The van der Waals surface area contributed by atoms with Crippen LogP contribution in [0.4, 0.5) is 0 Å². The van der Waals surface area contributed by atoms with Crippen LogP contribution >= 0.6 is 0 Å². The van der Waals surface area contributed by atoms with E-state index in [1.807, 2.05) is 0 Å². The number of nitrogens with one attached hydrogen (secondary N) is 1. The number of carbonyl (C=O) groups excluding carboxylic acids is 1. The number of sulfonamides is 1. The number of hydrogen-bond donors (Lipinski definition) is 2. The maximum Gasteiger partial charge on any atom is 0.337 e. The Bertz CT molecular complexity index is 520. The van der Waals surface area contributed by atoms with Crippen molar-refractivity contribution in [3.05, 3.63) is 29.8 Å². The van der Waals surface area contributed by atoms with Crippen molar-refractivity contribution in [3.8, 4) is 0 Å². The quantitative estimate of drug-likeness (QED) is 0.744. The number of benzene rings is 1. The maximum absolute atomic E-state index is 12.0. The maximum atomic E-state index is 12.0. The molecule has 1 rings (SSSR count). The average molecular weight is 287 g/mol. The molecule has 0 fully saturated rings. The van der Waals surface area contributed by atoms with E-state index in [1.54, 1.807) is 6.92 Å². The second-order valence-corrected chi connectivity index (χ2v) is 5.64. The Balaban J connectivity index is 2.93. The van der Waals surface area contributed by atoms with E-state index in [2.05, 4.69) is 9.46 Å². The van der Waals surface area contributed by atoms with E-state index in [1.165, 1.54) is 31.4 Å². The summed E-state index contributed by atoms with van der Waals surface area (Å²) in [6, 6.07) is 4.86. The lowest BCUT2D eigenvalue weighted by Gasteiger charge is -2.14. The fraction of sp³-hybridized carbons (Fsp3) is 0.417. The van der Waals surface area contributed by atoms with Gasteiger partial charge < -0.3 is 9.84 Å². The van der Waals surface area contributed by atoms with Gasteiger partial charge in [-0.2, -0.15) is 0 Å². The van der Waals surface area contributed by atoms with E-state index < -0.39 is 22.0 Å². The van der Waals surface area contributed by atoms with Gasteiger partial charge in [0, 0.05) is 6.04 Å². The van der Waals surface area contributed by atoms with E-state index >= 15 is 0 Å². The van der Waals surface area contributed by atoms with E-state index in [9.17, 15) is 13.2 Å².